The summed E-state index contributed by atoms with van der Waals surface area (Å²) in [7, 11) is 0. The maximum absolute atomic E-state index is 13.0. The van der Waals surface area contributed by atoms with Gasteiger partial charge in [-0.25, -0.2) is 4.98 Å². The molecular formula is C17H21F3N2OS. The van der Waals surface area contributed by atoms with Crippen molar-refractivity contribution in [2.45, 2.75) is 62.9 Å². The molecule has 0 saturated heterocycles. The van der Waals surface area contributed by atoms with Crippen molar-refractivity contribution in [3.8, 4) is 0 Å². The number of halogens is 3. The lowest BCUT2D eigenvalue weighted by atomic mass is 10.1. The first kappa shape index (κ1) is 18.9. The van der Waals surface area contributed by atoms with Crippen molar-refractivity contribution in [2.24, 2.45) is 0 Å². The number of benzene rings is 1. The SMILES string of the molecule is Cc1cc(C)cc(Sc2c(C(C)C)nc(CO)n2CC(F)(F)F)c1. The fourth-order valence-electron chi connectivity index (χ4n) is 2.55. The van der Waals surface area contributed by atoms with Crippen LogP contribution < -0.4 is 0 Å². The van der Waals surface area contributed by atoms with Gasteiger partial charge in [0.05, 0.1) is 5.69 Å². The number of alkyl halides is 3. The second-order valence-corrected chi connectivity index (χ2v) is 7.22. The summed E-state index contributed by atoms with van der Waals surface area (Å²) in [5.41, 5.74) is 2.67. The van der Waals surface area contributed by atoms with Crippen LogP contribution in [-0.4, -0.2) is 20.8 Å². The number of aliphatic hydroxyl groups excluding tert-OH is 1. The molecule has 0 bridgehead atoms. The molecule has 0 unspecified atom stereocenters. The maximum atomic E-state index is 13.0. The van der Waals surface area contributed by atoms with Crippen LogP contribution in [0.5, 0.6) is 0 Å². The van der Waals surface area contributed by atoms with Crippen LogP contribution in [0.2, 0.25) is 0 Å². The first-order valence-electron chi connectivity index (χ1n) is 7.63. The van der Waals surface area contributed by atoms with E-state index in [1.165, 1.54) is 11.8 Å². The minimum absolute atomic E-state index is 0.0433. The molecule has 0 amide bonds. The predicted octanol–water partition coefficient (Wildman–Crippen LogP) is 4.83. The van der Waals surface area contributed by atoms with Gasteiger partial charge in [-0.3, -0.25) is 0 Å². The summed E-state index contributed by atoms with van der Waals surface area (Å²) < 4.78 is 40.0. The predicted molar refractivity (Wildman–Crippen MR) is 88.3 cm³/mol. The van der Waals surface area contributed by atoms with Gasteiger partial charge in [-0.2, -0.15) is 13.2 Å². The number of hydrogen-bond acceptors (Lipinski definition) is 3. The molecule has 0 spiro atoms. The van der Waals surface area contributed by atoms with E-state index in [-0.39, 0.29) is 11.7 Å². The van der Waals surface area contributed by atoms with E-state index in [1.807, 2.05) is 45.9 Å². The largest absolute Gasteiger partial charge is 0.406 e. The normalized spacial score (nSPS) is 12.2. The van der Waals surface area contributed by atoms with Crippen LogP contribution in [0, 0.1) is 13.8 Å². The molecule has 0 aliphatic heterocycles. The molecule has 0 fully saturated rings. The van der Waals surface area contributed by atoms with Gasteiger partial charge in [0, 0.05) is 4.90 Å². The van der Waals surface area contributed by atoms with E-state index in [9.17, 15) is 18.3 Å². The minimum atomic E-state index is -4.38. The molecule has 1 N–H and O–H groups in total. The van der Waals surface area contributed by atoms with Gasteiger partial charge in [0.25, 0.3) is 0 Å². The second kappa shape index (κ2) is 7.19. The Morgan fingerprint density at radius 1 is 1.17 bits per heavy atom. The summed E-state index contributed by atoms with van der Waals surface area (Å²) in [5, 5.41) is 9.87. The van der Waals surface area contributed by atoms with Gasteiger partial charge >= 0.3 is 6.18 Å². The molecule has 24 heavy (non-hydrogen) atoms. The highest BCUT2D eigenvalue weighted by Crippen LogP contribution is 2.37. The third-order valence-electron chi connectivity index (χ3n) is 3.46. The molecular weight excluding hydrogens is 337 g/mol. The van der Waals surface area contributed by atoms with Crippen LogP contribution in [0.15, 0.2) is 28.1 Å². The van der Waals surface area contributed by atoms with Crippen molar-refractivity contribution >= 4 is 11.8 Å². The molecule has 7 heteroatoms. The Morgan fingerprint density at radius 3 is 2.21 bits per heavy atom. The molecule has 3 nitrogen and oxygen atoms in total. The van der Waals surface area contributed by atoms with Crippen LogP contribution in [-0.2, 0) is 13.2 Å². The van der Waals surface area contributed by atoms with Crippen LogP contribution in [0.1, 0.15) is 42.4 Å². The Bertz CT molecular complexity index is 703. The highest BCUT2D eigenvalue weighted by molar-refractivity contribution is 7.99. The fraction of sp³-hybridized carbons (Fsp3) is 0.471. The zero-order valence-electron chi connectivity index (χ0n) is 14.1. The molecule has 1 aromatic carbocycles. The van der Waals surface area contributed by atoms with Gasteiger partial charge in [0.2, 0.25) is 0 Å². The number of aromatic nitrogens is 2. The number of nitrogens with zero attached hydrogens (tertiary/aromatic N) is 2. The quantitative estimate of drug-likeness (QED) is 0.832. The van der Waals surface area contributed by atoms with Crippen molar-refractivity contribution < 1.29 is 18.3 Å². The standard InChI is InChI=1S/C17H21F3N2OS/c1-10(2)15-16(24-13-6-11(3)5-12(4)7-13)22(9-17(18,19)20)14(8-23)21-15/h5-7,10,23H,8-9H2,1-4H3. The highest BCUT2D eigenvalue weighted by Gasteiger charge is 2.32. The molecule has 1 heterocycles. The molecule has 0 aliphatic carbocycles. The van der Waals surface area contributed by atoms with Crippen molar-refractivity contribution in [1.29, 1.82) is 0 Å². The Morgan fingerprint density at radius 2 is 1.75 bits per heavy atom. The number of hydrogen-bond donors (Lipinski definition) is 1. The molecule has 132 valence electrons. The summed E-state index contributed by atoms with van der Waals surface area (Å²) in [5.74, 6) is 0.00101. The third-order valence-corrected chi connectivity index (χ3v) is 4.56. The fourth-order valence-corrected chi connectivity index (χ4v) is 3.93. The van der Waals surface area contributed by atoms with E-state index in [2.05, 4.69) is 4.98 Å². The average Bonchev–Trinajstić information content (AvgIpc) is 2.74. The van der Waals surface area contributed by atoms with Crippen LogP contribution in [0.3, 0.4) is 0 Å². The summed E-state index contributed by atoms with van der Waals surface area (Å²) in [4.78, 5) is 5.11. The number of rotatable bonds is 5. The maximum Gasteiger partial charge on any atom is 0.406 e. The van der Waals surface area contributed by atoms with Crippen molar-refractivity contribution in [3.63, 3.8) is 0 Å². The number of imidazole rings is 1. The van der Waals surface area contributed by atoms with Gasteiger partial charge in [-0.1, -0.05) is 31.7 Å². The van der Waals surface area contributed by atoms with Crippen LogP contribution >= 0.6 is 11.8 Å². The zero-order chi connectivity index (χ0) is 18.1. The van der Waals surface area contributed by atoms with Crippen molar-refractivity contribution in [3.05, 3.63) is 40.8 Å². The molecule has 0 atom stereocenters. The van der Waals surface area contributed by atoms with Gasteiger partial charge in [0.15, 0.2) is 0 Å². The summed E-state index contributed by atoms with van der Waals surface area (Å²) in [6.07, 6.45) is -4.38. The lowest BCUT2D eigenvalue weighted by molar-refractivity contribution is -0.142. The Balaban J connectivity index is 2.54. The van der Waals surface area contributed by atoms with Gasteiger partial charge in [-0.05, 0) is 43.0 Å². The summed E-state index contributed by atoms with van der Waals surface area (Å²) >= 11 is 1.26. The number of aryl methyl sites for hydroxylation is 2. The Hall–Kier alpha value is -1.47. The Labute approximate surface area is 143 Å². The lowest BCUT2D eigenvalue weighted by Gasteiger charge is -2.15. The van der Waals surface area contributed by atoms with Gasteiger partial charge < -0.3 is 9.67 Å². The molecule has 0 aliphatic rings. The lowest BCUT2D eigenvalue weighted by Crippen LogP contribution is -2.20. The van der Waals surface area contributed by atoms with E-state index in [4.69, 9.17) is 0 Å². The van der Waals surface area contributed by atoms with Crippen LogP contribution in [0.4, 0.5) is 13.2 Å². The van der Waals surface area contributed by atoms with E-state index in [0.717, 1.165) is 20.6 Å². The van der Waals surface area contributed by atoms with E-state index >= 15 is 0 Å². The van der Waals surface area contributed by atoms with E-state index in [0.29, 0.717) is 10.7 Å². The van der Waals surface area contributed by atoms with E-state index < -0.39 is 19.3 Å². The van der Waals surface area contributed by atoms with Crippen molar-refractivity contribution in [1.82, 2.24) is 9.55 Å². The second-order valence-electron chi connectivity index (χ2n) is 6.16. The first-order chi connectivity index (χ1) is 11.1. The van der Waals surface area contributed by atoms with Gasteiger partial charge in [0.1, 0.15) is 24.0 Å². The molecule has 0 radical (unpaired) electrons. The molecule has 2 rings (SSSR count). The Kier molecular flexibility index (Phi) is 5.65. The monoisotopic (exact) mass is 358 g/mol. The van der Waals surface area contributed by atoms with Crippen molar-refractivity contribution in [2.75, 3.05) is 0 Å². The molecule has 0 saturated carbocycles. The van der Waals surface area contributed by atoms with E-state index in [1.54, 1.807) is 0 Å². The van der Waals surface area contributed by atoms with Gasteiger partial charge in [-0.15, -0.1) is 0 Å². The smallest absolute Gasteiger partial charge is 0.388 e. The summed E-state index contributed by atoms with van der Waals surface area (Å²) in [6.45, 7) is 5.98. The number of aliphatic hydroxyl groups is 1. The molecule has 1 aromatic heterocycles. The topological polar surface area (TPSA) is 38.1 Å². The molecule has 2 aromatic rings. The zero-order valence-corrected chi connectivity index (χ0v) is 14.9. The minimum Gasteiger partial charge on any atom is -0.388 e. The highest BCUT2D eigenvalue weighted by atomic mass is 32.2. The average molecular weight is 358 g/mol. The summed E-state index contributed by atoms with van der Waals surface area (Å²) in [6, 6.07) is 5.89. The first-order valence-corrected chi connectivity index (χ1v) is 8.45. The third kappa shape index (κ3) is 4.54. The van der Waals surface area contributed by atoms with Crippen LogP contribution in [0.25, 0.3) is 0 Å².